The number of methoxy groups -OCH3 is 1. The highest BCUT2D eigenvalue weighted by atomic mass is 16.5. The molecule has 7 heteroatoms. The van der Waals surface area contributed by atoms with E-state index in [0.717, 1.165) is 5.56 Å². The highest BCUT2D eigenvalue weighted by molar-refractivity contribution is 5.60. The van der Waals surface area contributed by atoms with Crippen LogP contribution in [0.15, 0.2) is 43.0 Å². The molecule has 2 N–H and O–H groups in total. The number of nitrogen functional groups attached to an aromatic ring is 1. The molecule has 2 aromatic heterocycles. The summed E-state index contributed by atoms with van der Waals surface area (Å²) in [6.45, 7) is 0. The lowest BCUT2D eigenvalue weighted by Crippen LogP contribution is -2.03. The summed E-state index contributed by atoms with van der Waals surface area (Å²) in [5.74, 6) is 1.43. The number of ether oxygens (including phenoxy) is 1. The number of aromatic nitrogens is 5. The van der Waals surface area contributed by atoms with Gasteiger partial charge in [0.25, 0.3) is 5.88 Å². The van der Waals surface area contributed by atoms with Crippen molar-refractivity contribution in [2.24, 2.45) is 0 Å². The normalized spacial score (nSPS) is 10.4. The summed E-state index contributed by atoms with van der Waals surface area (Å²) in [5, 5.41) is 4.37. The Bertz CT molecular complexity index is 739. The third kappa shape index (κ3) is 2.16. The van der Waals surface area contributed by atoms with Gasteiger partial charge < -0.3 is 10.5 Å². The molecule has 0 atom stereocenters. The number of rotatable bonds is 3. The van der Waals surface area contributed by atoms with E-state index in [4.69, 9.17) is 10.5 Å². The van der Waals surface area contributed by atoms with Crippen molar-refractivity contribution in [3.05, 3.63) is 43.0 Å². The van der Waals surface area contributed by atoms with Crippen LogP contribution < -0.4 is 10.5 Å². The van der Waals surface area contributed by atoms with Gasteiger partial charge in [0.2, 0.25) is 5.82 Å². The van der Waals surface area contributed by atoms with Crippen LogP contribution >= 0.6 is 0 Å². The summed E-state index contributed by atoms with van der Waals surface area (Å²) in [6.07, 6.45) is 4.68. The van der Waals surface area contributed by atoms with Gasteiger partial charge >= 0.3 is 0 Å². The molecule has 0 saturated carbocycles. The lowest BCUT2D eigenvalue weighted by atomic mass is 10.2. The zero-order valence-electron chi connectivity index (χ0n) is 10.8. The van der Waals surface area contributed by atoms with E-state index in [9.17, 15) is 0 Å². The number of nitrogens with zero attached hydrogens (tertiary/aromatic N) is 5. The lowest BCUT2D eigenvalue weighted by molar-refractivity contribution is 0.392. The fourth-order valence-corrected chi connectivity index (χ4v) is 1.79. The van der Waals surface area contributed by atoms with E-state index in [-0.39, 0.29) is 0 Å². The zero-order chi connectivity index (χ0) is 13.9. The van der Waals surface area contributed by atoms with Crippen LogP contribution in [-0.2, 0) is 0 Å². The molecule has 0 radical (unpaired) electrons. The lowest BCUT2D eigenvalue weighted by Gasteiger charge is -2.04. The highest BCUT2D eigenvalue weighted by Gasteiger charge is 2.11. The fraction of sp³-hybridized carbons (Fsp3) is 0.0769. The van der Waals surface area contributed by atoms with Crippen molar-refractivity contribution in [3.63, 3.8) is 0 Å². The molecule has 20 heavy (non-hydrogen) atoms. The third-order valence-corrected chi connectivity index (χ3v) is 2.69. The molecule has 0 saturated heterocycles. The summed E-state index contributed by atoms with van der Waals surface area (Å²) < 4.78 is 6.67. The van der Waals surface area contributed by atoms with Crippen molar-refractivity contribution in [1.82, 2.24) is 24.7 Å². The summed E-state index contributed by atoms with van der Waals surface area (Å²) in [5.41, 5.74) is 7.26. The van der Waals surface area contributed by atoms with Gasteiger partial charge in [-0.15, -0.1) is 5.10 Å². The van der Waals surface area contributed by atoms with E-state index in [1.165, 1.54) is 11.8 Å². The van der Waals surface area contributed by atoms with Crippen molar-refractivity contribution in [3.8, 4) is 23.1 Å². The Hall–Kier alpha value is -2.96. The fourth-order valence-electron chi connectivity index (χ4n) is 1.79. The maximum absolute atomic E-state index is 5.75. The Morgan fingerprint density at radius 2 is 2.00 bits per heavy atom. The second-order valence-electron chi connectivity index (χ2n) is 4.03. The van der Waals surface area contributed by atoms with Crippen molar-refractivity contribution in [2.45, 2.75) is 0 Å². The predicted octanol–water partition coefficient (Wildman–Crippen LogP) is 1.32. The first-order chi connectivity index (χ1) is 9.78. The summed E-state index contributed by atoms with van der Waals surface area (Å²) in [6, 6.07) is 7.37. The van der Waals surface area contributed by atoms with Crippen LogP contribution in [0.3, 0.4) is 0 Å². The second kappa shape index (κ2) is 4.96. The van der Waals surface area contributed by atoms with Crippen molar-refractivity contribution in [2.75, 3.05) is 12.8 Å². The predicted molar refractivity (Wildman–Crippen MR) is 73.3 cm³/mol. The first-order valence-electron chi connectivity index (χ1n) is 5.91. The average Bonchev–Trinajstić information content (AvgIpc) is 2.97. The van der Waals surface area contributed by atoms with Gasteiger partial charge in [0.15, 0.2) is 5.82 Å². The molecule has 0 spiro atoms. The molecule has 3 aromatic rings. The van der Waals surface area contributed by atoms with E-state index >= 15 is 0 Å². The number of anilines is 1. The van der Waals surface area contributed by atoms with Crippen LogP contribution in [0.2, 0.25) is 0 Å². The molecule has 0 aliphatic carbocycles. The van der Waals surface area contributed by atoms with Crippen LogP contribution in [0, 0.1) is 0 Å². The molecular formula is C13H12N6O. The molecule has 2 heterocycles. The molecule has 0 unspecified atom stereocenters. The Morgan fingerprint density at radius 1 is 1.15 bits per heavy atom. The Labute approximate surface area is 115 Å². The van der Waals surface area contributed by atoms with Crippen LogP contribution in [-0.4, -0.2) is 31.8 Å². The zero-order valence-corrected chi connectivity index (χ0v) is 10.8. The average molecular weight is 268 g/mol. The van der Waals surface area contributed by atoms with E-state index in [1.807, 2.05) is 24.3 Å². The Morgan fingerprint density at radius 3 is 2.80 bits per heavy atom. The van der Waals surface area contributed by atoms with Crippen LogP contribution in [0.4, 0.5) is 5.69 Å². The first-order valence-corrected chi connectivity index (χ1v) is 5.91. The summed E-state index contributed by atoms with van der Waals surface area (Å²) >= 11 is 0. The maximum atomic E-state index is 5.75. The minimum atomic E-state index is 0.386. The molecule has 0 aliphatic heterocycles. The molecule has 100 valence electrons. The first kappa shape index (κ1) is 12.1. The van der Waals surface area contributed by atoms with Gasteiger partial charge in [-0.05, 0) is 12.1 Å². The van der Waals surface area contributed by atoms with Gasteiger partial charge in [0, 0.05) is 23.6 Å². The largest absolute Gasteiger partial charge is 0.478 e. The topological polar surface area (TPSA) is 91.7 Å². The van der Waals surface area contributed by atoms with Gasteiger partial charge in [0.05, 0.1) is 7.11 Å². The van der Waals surface area contributed by atoms with Crippen molar-refractivity contribution < 1.29 is 4.74 Å². The molecule has 7 nitrogen and oxygen atoms in total. The highest BCUT2D eigenvalue weighted by Crippen LogP contribution is 2.20. The van der Waals surface area contributed by atoms with Gasteiger partial charge in [-0.1, -0.05) is 12.1 Å². The van der Waals surface area contributed by atoms with E-state index in [2.05, 4.69) is 20.1 Å². The molecule has 0 aliphatic rings. The molecule has 0 bridgehead atoms. The molecule has 1 aromatic carbocycles. The summed E-state index contributed by atoms with van der Waals surface area (Å²) in [7, 11) is 1.53. The van der Waals surface area contributed by atoms with E-state index in [0.29, 0.717) is 23.2 Å². The summed E-state index contributed by atoms with van der Waals surface area (Å²) in [4.78, 5) is 12.5. The quantitative estimate of drug-likeness (QED) is 0.720. The third-order valence-electron chi connectivity index (χ3n) is 2.69. The number of benzene rings is 1. The smallest absolute Gasteiger partial charge is 0.259 e. The van der Waals surface area contributed by atoms with Gasteiger partial charge in [-0.2, -0.15) is 4.68 Å². The molecule has 0 amide bonds. The Kier molecular flexibility index (Phi) is 3.00. The maximum Gasteiger partial charge on any atom is 0.259 e. The number of nitrogens with two attached hydrogens (primary N) is 1. The molecule has 3 rings (SSSR count). The van der Waals surface area contributed by atoms with Crippen molar-refractivity contribution >= 4 is 5.69 Å². The van der Waals surface area contributed by atoms with E-state index < -0.39 is 0 Å². The minimum Gasteiger partial charge on any atom is -0.478 e. The number of hydrogen-bond acceptors (Lipinski definition) is 6. The standard InChI is InChI=1S/C13H12N6O/c1-20-13-12(15-5-6-16-13)19-8-17-11(18-19)9-3-2-4-10(14)7-9/h2-8H,14H2,1H3. The SMILES string of the molecule is COc1nccnc1-n1cnc(-c2cccc(N)c2)n1. The van der Waals surface area contributed by atoms with Gasteiger partial charge in [-0.3, -0.25) is 0 Å². The van der Waals surface area contributed by atoms with Crippen LogP contribution in [0.1, 0.15) is 0 Å². The second-order valence-corrected chi connectivity index (χ2v) is 4.03. The number of hydrogen-bond donors (Lipinski definition) is 1. The van der Waals surface area contributed by atoms with Crippen molar-refractivity contribution in [1.29, 1.82) is 0 Å². The minimum absolute atomic E-state index is 0.386. The molecule has 0 fully saturated rings. The molecular weight excluding hydrogens is 256 g/mol. The van der Waals surface area contributed by atoms with Gasteiger partial charge in [0.1, 0.15) is 6.33 Å². The van der Waals surface area contributed by atoms with Crippen LogP contribution in [0.5, 0.6) is 5.88 Å². The monoisotopic (exact) mass is 268 g/mol. The van der Waals surface area contributed by atoms with Gasteiger partial charge in [-0.25, -0.2) is 15.0 Å². The van der Waals surface area contributed by atoms with E-state index in [1.54, 1.807) is 18.7 Å². The Balaban J connectivity index is 2.02. The van der Waals surface area contributed by atoms with Crippen LogP contribution in [0.25, 0.3) is 17.2 Å².